The van der Waals surface area contributed by atoms with Gasteiger partial charge in [-0.1, -0.05) is 11.6 Å². The summed E-state index contributed by atoms with van der Waals surface area (Å²) in [4.78, 5) is 14.5. The highest BCUT2D eigenvalue weighted by Crippen LogP contribution is 2.38. The maximum atomic E-state index is 12.7. The van der Waals surface area contributed by atoms with Crippen LogP contribution in [0.25, 0.3) is 0 Å². The minimum Gasteiger partial charge on any atom is -0.495 e. The lowest BCUT2D eigenvalue weighted by Crippen LogP contribution is -2.47. The number of nitrogens with zero attached hydrogens (tertiary/aromatic N) is 1. The number of likely N-dealkylation sites (tertiary alicyclic amines) is 1. The number of urea groups is 1. The number of hydrogen-bond acceptors (Lipinski definition) is 4. The van der Waals surface area contributed by atoms with Gasteiger partial charge in [0.05, 0.1) is 18.9 Å². The topological polar surface area (TPSA) is 71.0 Å². The normalized spacial score (nSPS) is 22.3. The molecule has 2 N–H and O–H groups in total. The molecule has 3 rings (SSSR count). The Balaban J connectivity index is 1.57. The van der Waals surface area contributed by atoms with E-state index in [0.717, 1.165) is 38.7 Å². The van der Waals surface area contributed by atoms with Gasteiger partial charge in [0.15, 0.2) is 0 Å². The highest BCUT2D eigenvalue weighted by molar-refractivity contribution is 6.31. The highest BCUT2D eigenvalue weighted by Gasteiger charge is 2.38. The fourth-order valence-electron chi connectivity index (χ4n) is 4.03. The van der Waals surface area contributed by atoms with Crippen LogP contribution in [0.15, 0.2) is 18.2 Å². The monoisotopic (exact) mass is 396 g/mol. The first-order chi connectivity index (χ1) is 13.0. The average Bonchev–Trinajstić information content (AvgIpc) is 2.69. The first-order valence-corrected chi connectivity index (χ1v) is 10.0. The molecule has 1 aromatic rings. The Hall–Kier alpha value is -1.50. The number of aliphatic hydroxyl groups is 1. The summed E-state index contributed by atoms with van der Waals surface area (Å²) >= 11 is 6.03. The number of carbonyl (C=O) groups is 1. The van der Waals surface area contributed by atoms with Crippen LogP contribution in [0.2, 0.25) is 5.02 Å². The van der Waals surface area contributed by atoms with E-state index in [9.17, 15) is 9.90 Å². The molecule has 27 heavy (non-hydrogen) atoms. The molecule has 6 nitrogen and oxygen atoms in total. The van der Waals surface area contributed by atoms with Crippen LogP contribution in [0.5, 0.6) is 5.75 Å². The third kappa shape index (κ3) is 5.06. The van der Waals surface area contributed by atoms with Gasteiger partial charge in [-0.2, -0.15) is 0 Å². The summed E-state index contributed by atoms with van der Waals surface area (Å²) in [5.41, 5.74) is 0.414. The smallest absolute Gasteiger partial charge is 0.321 e. The van der Waals surface area contributed by atoms with Crippen LogP contribution >= 0.6 is 11.6 Å². The molecule has 0 unspecified atom stereocenters. The van der Waals surface area contributed by atoms with Crippen molar-refractivity contribution >= 4 is 23.3 Å². The summed E-state index contributed by atoms with van der Waals surface area (Å²) in [6.45, 7) is 2.19. The molecular formula is C20H29ClN2O4. The number of nitrogens with one attached hydrogen (secondary N) is 1. The Bertz CT molecular complexity index is 641. The highest BCUT2D eigenvalue weighted by atomic mass is 35.5. The van der Waals surface area contributed by atoms with Gasteiger partial charge >= 0.3 is 6.03 Å². The number of hydrogen-bond donors (Lipinski definition) is 2. The summed E-state index contributed by atoms with van der Waals surface area (Å²) in [6, 6.07) is 4.96. The number of rotatable bonds is 5. The molecule has 0 saturated carbocycles. The molecule has 7 heteroatoms. The molecule has 0 spiro atoms. The first-order valence-electron chi connectivity index (χ1n) is 9.67. The number of aliphatic hydroxyl groups excluding tert-OH is 1. The van der Waals surface area contributed by atoms with E-state index < -0.39 is 0 Å². The van der Waals surface area contributed by atoms with E-state index in [-0.39, 0.29) is 24.2 Å². The van der Waals surface area contributed by atoms with Crippen molar-refractivity contribution in [2.24, 2.45) is 5.41 Å². The van der Waals surface area contributed by atoms with Gasteiger partial charge < -0.3 is 24.8 Å². The Morgan fingerprint density at radius 2 is 2.19 bits per heavy atom. The van der Waals surface area contributed by atoms with Crippen molar-refractivity contribution in [3.05, 3.63) is 23.2 Å². The average molecular weight is 397 g/mol. The van der Waals surface area contributed by atoms with Crippen molar-refractivity contribution in [3.8, 4) is 5.75 Å². The summed E-state index contributed by atoms with van der Waals surface area (Å²) in [7, 11) is 1.56. The lowest BCUT2D eigenvalue weighted by molar-refractivity contribution is -0.0440. The molecule has 150 valence electrons. The number of halogens is 1. The Morgan fingerprint density at radius 3 is 2.81 bits per heavy atom. The zero-order valence-electron chi connectivity index (χ0n) is 15.9. The second-order valence-electron chi connectivity index (χ2n) is 7.61. The van der Waals surface area contributed by atoms with E-state index in [1.165, 1.54) is 6.42 Å². The molecule has 0 aromatic heterocycles. The molecule has 2 heterocycles. The summed E-state index contributed by atoms with van der Waals surface area (Å²) in [6.07, 6.45) is 6.07. The maximum absolute atomic E-state index is 12.7. The largest absolute Gasteiger partial charge is 0.495 e. The maximum Gasteiger partial charge on any atom is 0.321 e. The second-order valence-corrected chi connectivity index (χ2v) is 8.05. The third-order valence-electron chi connectivity index (χ3n) is 5.78. The zero-order valence-corrected chi connectivity index (χ0v) is 16.6. The lowest BCUT2D eigenvalue weighted by atomic mass is 9.74. The van der Waals surface area contributed by atoms with Crippen LogP contribution in [-0.4, -0.2) is 55.6 Å². The third-order valence-corrected chi connectivity index (χ3v) is 6.02. The molecule has 0 radical (unpaired) electrons. The number of piperidine rings is 1. The van der Waals surface area contributed by atoms with Crippen molar-refractivity contribution in [2.75, 3.05) is 38.7 Å². The molecule has 2 aliphatic heterocycles. The van der Waals surface area contributed by atoms with Crippen LogP contribution in [0, 0.1) is 5.41 Å². The van der Waals surface area contributed by atoms with Crippen LogP contribution in [-0.2, 0) is 4.74 Å². The number of carbonyl (C=O) groups excluding carboxylic acids is 1. The van der Waals surface area contributed by atoms with E-state index in [1.54, 1.807) is 30.2 Å². The minimum atomic E-state index is -0.170. The SMILES string of the molecule is COc1ccc(Cl)cc1NC(=O)N1CCC(CO)(C[C@@H]2CCCCO2)CC1. The summed E-state index contributed by atoms with van der Waals surface area (Å²) in [5.74, 6) is 0.573. The van der Waals surface area contributed by atoms with Gasteiger partial charge in [-0.3, -0.25) is 0 Å². The van der Waals surface area contributed by atoms with Crippen molar-refractivity contribution in [2.45, 2.75) is 44.6 Å². The molecule has 0 aliphatic carbocycles. The summed E-state index contributed by atoms with van der Waals surface area (Å²) < 4.78 is 11.2. The van der Waals surface area contributed by atoms with Crippen LogP contribution in [0.1, 0.15) is 38.5 Å². The number of benzene rings is 1. The Kier molecular flexibility index (Phi) is 6.84. The molecule has 2 saturated heterocycles. The van der Waals surface area contributed by atoms with Gasteiger partial charge in [0.25, 0.3) is 0 Å². The number of ether oxygens (including phenoxy) is 2. The van der Waals surface area contributed by atoms with E-state index in [4.69, 9.17) is 21.1 Å². The Morgan fingerprint density at radius 1 is 1.41 bits per heavy atom. The fourth-order valence-corrected chi connectivity index (χ4v) is 4.21. The zero-order chi connectivity index (χ0) is 19.3. The van der Waals surface area contributed by atoms with Crippen molar-refractivity contribution < 1.29 is 19.4 Å². The molecule has 1 aromatic carbocycles. The van der Waals surface area contributed by atoms with Crippen molar-refractivity contribution in [1.29, 1.82) is 0 Å². The molecule has 2 aliphatic rings. The fraction of sp³-hybridized carbons (Fsp3) is 0.650. The number of anilines is 1. The molecule has 1 atom stereocenters. The number of amides is 2. The molecule has 2 amide bonds. The van der Waals surface area contributed by atoms with Gasteiger partial charge in [0.2, 0.25) is 0 Å². The van der Waals surface area contributed by atoms with Crippen molar-refractivity contribution in [3.63, 3.8) is 0 Å². The summed E-state index contributed by atoms with van der Waals surface area (Å²) in [5, 5.41) is 13.5. The molecular weight excluding hydrogens is 368 g/mol. The van der Waals surface area contributed by atoms with E-state index in [2.05, 4.69) is 5.32 Å². The van der Waals surface area contributed by atoms with Gasteiger partial charge in [-0.05, 0) is 62.1 Å². The van der Waals surface area contributed by atoms with E-state index >= 15 is 0 Å². The molecule has 2 fully saturated rings. The van der Waals surface area contributed by atoms with Gasteiger partial charge in [0, 0.05) is 31.3 Å². The standard InChI is InChI=1S/C20H29ClN2O4/c1-26-18-6-5-15(21)12-17(18)22-19(25)23-9-7-20(14-24,8-10-23)13-16-4-2-3-11-27-16/h5-6,12,16,24H,2-4,7-11,13-14H2,1H3,(H,22,25)/t16-/m0/s1. The Labute approximate surface area is 165 Å². The van der Waals surface area contributed by atoms with Gasteiger partial charge in [-0.25, -0.2) is 4.79 Å². The van der Waals surface area contributed by atoms with Crippen LogP contribution in [0.3, 0.4) is 0 Å². The quantitative estimate of drug-likeness (QED) is 0.791. The lowest BCUT2D eigenvalue weighted by Gasteiger charge is -2.43. The predicted molar refractivity (Wildman–Crippen MR) is 106 cm³/mol. The molecule has 0 bridgehead atoms. The second kappa shape index (κ2) is 9.13. The first kappa shape index (κ1) is 20.2. The van der Waals surface area contributed by atoms with Crippen LogP contribution < -0.4 is 10.1 Å². The van der Waals surface area contributed by atoms with Gasteiger partial charge in [-0.15, -0.1) is 0 Å². The predicted octanol–water partition coefficient (Wildman–Crippen LogP) is 3.91. The van der Waals surface area contributed by atoms with E-state index in [1.807, 2.05) is 0 Å². The van der Waals surface area contributed by atoms with Gasteiger partial charge in [0.1, 0.15) is 5.75 Å². The van der Waals surface area contributed by atoms with E-state index in [0.29, 0.717) is 29.5 Å². The van der Waals surface area contributed by atoms with Crippen LogP contribution in [0.4, 0.5) is 10.5 Å². The van der Waals surface area contributed by atoms with Crippen molar-refractivity contribution in [1.82, 2.24) is 4.90 Å². The number of methoxy groups -OCH3 is 1. The minimum absolute atomic E-state index is 0.143.